The summed E-state index contributed by atoms with van der Waals surface area (Å²) in [5, 5.41) is 7.10. The van der Waals surface area contributed by atoms with Crippen molar-refractivity contribution >= 4 is 5.91 Å². The monoisotopic (exact) mass is 349 g/mol. The number of rotatable bonds is 5. The van der Waals surface area contributed by atoms with Gasteiger partial charge in [0.1, 0.15) is 5.76 Å². The van der Waals surface area contributed by atoms with Crippen LogP contribution in [0.1, 0.15) is 45.3 Å². The Labute approximate surface area is 153 Å². The Morgan fingerprint density at radius 1 is 1.12 bits per heavy atom. The van der Waals surface area contributed by atoms with E-state index in [9.17, 15) is 4.79 Å². The van der Waals surface area contributed by atoms with E-state index in [0.717, 1.165) is 33.5 Å². The fourth-order valence-electron chi connectivity index (χ4n) is 3.09. The van der Waals surface area contributed by atoms with Crippen LogP contribution in [0.25, 0.3) is 0 Å². The highest BCUT2D eigenvalue weighted by Crippen LogP contribution is 2.26. The van der Waals surface area contributed by atoms with Crippen LogP contribution in [0.15, 0.2) is 47.2 Å². The fraction of sp³-hybridized carbons (Fsp3) is 0.286. The third kappa shape index (κ3) is 3.82. The first-order valence-electron chi connectivity index (χ1n) is 8.64. The second kappa shape index (κ2) is 7.52. The van der Waals surface area contributed by atoms with E-state index in [1.807, 2.05) is 26.0 Å². The molecule has 26 heavy (non-hydrogen) atoms. The van der Waals surface area contributed by atoms with E-state index in [1.54, 1.807) is 12.4 Å². The highest BCUT2D eigenvalue weighted by molar-refractivity contribution is 5.80. The number of nitrogens with one attached hydrogen (secondary N) is 1. The Morgan fingerprint density at radius 3 is 2.50 bits per heavy atom. The molecular formula is C21H23N3O2. The van der Waals surface area contributed by atoms with Crippen LogP contribution in [0, 0.1) is 27.7 Å². The lowest BCUT2D eigenvalue weighted by atomic mass is 9.93. The molecule has 1 atom stereocenters. The van der Waals surface area contributed by atoms with Crippen molar-refractivity contribution in [3.05, 3.63) is 82.0 Å². The minimum absolute atomic E-state index is 0.0675. The zero-order chi connectivity index (χ0) is 18.7. The molecule has 0 aliphatic carbocycles. The van der Waals surface area contributed by atoms with Gasteiger partial charge in [-0.3, -0.25) is 9.78 Å². The number of carbonyl (C=O) groups is 1. The molecule has 3 aromatic rings. The zero-order valence-corrected chi connectivity index (χ0v) is 15.5. The summed E-state index contributed by atoms with van der Waals surface area (Å²) in [6, 6.07) is 9.92. The summed E-state index contributed by atoms with van der Waals surface area (Å²) in [5.74, 6) is 0.618. The third-order valence-corrected chi connectivity index (χ3v) is 4.61. The average Bonchev–Trinajstić information content (AvgIpc) is 2.94. The SMILES string of the molecule is Cc1ccc(C)c([C@H](NC(=O)Cc2c(C)noc2C)c2ccncc2)c1. The summed E-state index contributed by atoms with van der Waals surface area (Å²) < 4.78 is 5.17. The van der Waals surface area contributed by atoms with Gasteiger partial charge in [0.15, 0.2) is 0 Å². The molecule has 2 aromatic heterocycles. The van der Waals surface area contributed by atoms with Gasteiger partial charge in [0, 0.05) is 18.0 Å². The van der Waals surface area contributed by atoms with Crippen LogP contribution in [-0.2, 0) is 11.2 Å². The van der Waals surface area contributed by atoms with Crippen molar-refractivity contribution in [1.29, 1.82) is 0 Å². The summed E-state index contributed by atoms with van der Waals surface area (Å²) in [6.45, 7) is 7.79. The van der Waals surface area contributed by atoms with Crippen molar-refractivity contribution in [1.82, 2.24) is 15.5 Å². The van der Waals surface area contributed by atoms with Gasteiger partial charge in [-0.05, 0) is 56.5 Å². The van der Waals surface area contributed by atoms with E-state index in [0.29, 0.717) is 5.76 Å². The summed E-state index contributed by atoms with van der Waals surface area (Å²) >= 11 is 0. The summed E-state index contributed by atoms with van der Waals surface area (Å²) in [6.07, 6.45) is 3.73. The van der Waals surface area contributed by atoms with E-state index in [4.69, 9.17) is 4.52 Å². The molecule has 0 saturated carbocycles. The number of pyridine rings is 1. The number of aromatic nitrogens is 2. The Kier molecular flexibility index (Phi) is 5.16. The molecule has 2 heterocycles. The van der Waals surface area contributed by atoms with Crippen molar-refractivity contribution in [2.75, 3.05) is 0 Å². The van der Waals surface area contributed by atoms with Gasteiger partial charge in [-0.15, -0.1) is 0 Å². The molecule has 0 radical (unpaired) electrons. The second-order valence-electron chi connectivity index (χ2n) is 6.62. The molecule has 0 saturated heterocycles. The minimum atomic E-state index is -0.231. The van der Waals surface area contributed by atoms with Crippen molar-refractivity contribution < 1.29 is 9.32 Å². The van der Waals surface area contributed by atoms with Crippen molar-refractivity contribution in [3.8, 4) is 0 Å². The quantitative estimate of drug-likeness (QED) is 0.762. The van der Waals surface area contributed by atoms with Crippen molar-refractivity contribution in [3.63, 3.8) is 0 Å². The Bertz CT molecular complexity index is 897. The molecule has 0 fully saturated rings. The maximum absolute atomic E-state index is 12.8. The maximum atomic E-state index is 12.8. The van der Waals surface area contributed by atoms with E-state index >= 15 is 0 Å². The van der Waals surface area contributed by atoms with Crippen LogP contribution in [0.2, 0.25) is 0 Å². The topological polar surface area (TPSA) is 68.0 Å². The van der Waals surface area contributed by atoms with Crippen LogP contribution in [0.5, 0.6) is 0 Å². The lowest BCUT2D eigenvalue weighted by molar-refractivity contribution is -0.121. The van der Waals surface area contributed by atoms with Gasteiger partial charge >= 0.3 is 0 Å². The maximum Gasteiger partial charge on any atom is 0.225 e. The number of aryl methyl sites for hydroxylation is 4. The number of carbonyl (C=O) groups excluding carboxylic acids is 1. The number of hydrogen-bond donors (Lipinski definition) is 1. The summed E-state index contributed by atoms with van der Waals surface area (Å²) in [7, 11) is 0. The first-order valence-corrected chi connectivity index (χ1v) is 8.64. The van der Waals surface area contributed by atoms with Crippen LogP contribution >= 0.6 is 0 Å². The molecule has 1 aromatic carbocycles. The van der Waals surface area contributed by atoms with Crippen molar-refractivity contribution in [2.45, 2.75) is 40.2 Å². The average molecular weight is 349 g/mol. The molecule has 0 spiro atoms. The molecule has 3 rings (SSSR count). The van der Waals surface area contributed by atoms with Crippen LogP contribution in [0.4, 0.5) is 0 Å². The molecular weight excluding hydrogens is 326 g/mol. The van der Waals surface area contributed by atoms with Crippen LogP contribution in [0.3, 0.4) is 0 Å². The number of amides is 1. The Morgan fingerprint density at radius 2 is 1.85 bits per heavy atom. The smallest absolute Gasteiger partial charge is 0.225 e. The van der Waals surface area contributed by atoms with Gasteiger partial charge in [-0.25, -0.2) is 0 Å². The van der Waals surface area contributed by atoms with Crippen molar-refractivity contribution in [2.24, 2.45) is 0 Å². The number of benzene rings is 1. The highest BCUT2D eigenvalue weighted by atomic mass is 16.5. The molecule has 0 aliphatic heterocycles. The molecule has 0 unspecified atom stereocenters. The first kappa shape index (κ1) is 17.9. The largest absolute Gasteiger partial charge is 0.361 e. The second-order valence-corrected chi connectivity index (χ2v) is 6.62. The minimum Gasteiger partial charge on any atom is -0.361 e. The van der Waals surface area contributed by atoms with Gasteiger partial charge in [-0.2, -0.15) is 0 Å². The summed E-state index contributed by atoms with van der Waals surface area (Å²) in [5.41, 5.74) is 5.98. The lowest BCUT2D eigenvalue weighted by Gasteiger charge is -2.22. The normalized spacial score (nSPS) is 12.0. The third-order valence-electron chi connectivity index (χ3n) is 4.61. The van der Waals surface area contributed by atoms with E-state index in [2.05, 4.69) is 47.5 Å². The standard InChI is InChI=1S/C21H23N3O2/c1-13-5-6-14(2)18(11-13)21(17-7-9-22-10-8-17)23-20(25)12-19-15(3)24-26-16(19)4/h5-11,21H,12H2,1-4H3,(H,23,25)/t21-/m1/s1. The number of nitrogens with zero attached hydrogens (tertiary/aromatic N) is 2. The summed E-state index contributed by atoms with van der Waals surface area (Å²) in [4.78, 5) is 16.9. The molecule has 5 nitrogen and oxygen atoms in total. The van der Waals surface area contributed by atoms with Crippen LogP contribution < -0.4 is 5.32 Å². The first-order chi connectivity index (χ1) is 12.5. The Hall–Kier alpha value is -2.95. The van der Waals surface area contributed by atoms with Gasteiger partial charge < -0.3 is 9.84 Å². The lowest BCUT2D eigenvalue weighted by Crippen LogP contribution is -2.31. The molecule has 134 valence electrons. The fourth-order valence-corrected chi connectivity index (χ4v) is 3.09. The zero-order valence-electron chi connectivity index (χ0n) is 15.5. The van der Waals surface area contributed by atoms with E-state index in [1.165, 1.54) is 0 Å². The van der Waals surface area contributed by atoms with E-state index in [-0.39, 0.29) is 18.4 Å². The molecule has 5 heteroatoms. The van der Waals surface area contributed by atoms with Gasteiger partial charge in [0.05, 0.1) is 18.2 Å². The Balaban J connectivity index is 1.92. The molecule has 0 aliphatic rings. The number of hydrogen-bond acceptors (Lipinski definition) is 4. The molecule has 0 bridgehead atoms. The predicted octanol–water partition coefficient (Wildman–Crippen LogP) is 3.75. The van der Waals surface area contributed by atoms with Gasteiger partial charge in [0.2, 0.25) is 5.91 Å². The highest BCUT2D eigenvalue weighted by Gasteiger charge is 2.21. The molecule has 1 amide bonds. The van der Waals surface area contributed by atoms with Gasteiger partial charge in [0.25, 0.3) is 0 Å². The predicted molar refractivity (Wildman–Crippen MR) is 99.8 cm³/mol. The van der Waals surface area contributed by atoms with Gasteiger partial charge in [-0.1, -0.05) is 28.9 Å². The molecule has 1 N–H and O–H groups in total. The van der Waals surface area contributed by atoms with E-state index < -0.39 is 0 Å². The van der Waals surface area contributed by atoms with Crippen LogP contribution in [-0.4, -0.2) is 16.0 Å².